The number of hydrogen-bond acceptors (Lipinski definition) is 6. The first-order valence-electron chi connectivity index (χ1n) is 6.73. The molecule has 0 saturated heterocycles. The zero-order valence-corrected chi connectivity index (χ0v) is 12.4. The second kappa shape index (κ2) is 9.33. The molecule has 1 aromatic rings. The standard InChI is InChI=1S/C16H18O6/c1-3-14(17)20-10-11-21-15(18)8-9-16(19)22-13-6-4-12(2)5-7-13/h3-7H,1,8-11H2,2H3. The Kier molecular flexibility index (Phi) is 7.39. The van der Waals surface area contributed by atoms with Crippen molar-refractivity contribution in [3.8, 4) is 5.75 Å². The number of benzene rings is 1. The molecule has 0 aliphatic carbocycles. The molecule has 0 aliphatic rings. The molecule has 0 bridgehead atoms. The fourth-order valence-corrected chi connectivity index (χ4v) is 1.42. The van der Waals surface area contributed by atoms with Crippen molar-refractivity contribution >= 4 is 17.9 Å². The third-order valence-electron chi connectivity index (χ3n) is 2.54. The van der Waals surface area contributed by atoms with Gasteiger partial charge in [-0.3, -0.25) is 9.59 Å². The van der Waals surface area contributed by atoms with Crippen LogP contribution in [0.2, 0.25) is 0 Å². The minimum Gasteiger partial charge on any atom is -0.462 e. The molecule has 6 nitrogen and oxygen atoms in total. The van der Waals surface area contributed by atoms with E-state index in [0.29, 0.717) is 5.75 Å². The first kappa shape index (κ1) is 17.4. The third-order valence-corrected chi connectivity index (χ3v) is 2.54. The largest absolute Gasteiger partial charge is 0.462 e. The predicted octanol–water partition coefficient (Wildman–Crippen LogP) is 1.95. The van der Waals surface area contributed by atoms with Gasteiger partial charge in [0.2, 0.25) is 0 Å². The van der Waals surface area contributed by atoms with Crippen LogP contribution in [0, 0.1) is 6.92 Å². The monoisotopic (exact) mass is 306 g/mol. The minimum absolute atomic E-state index is 0.0512. The molecule has 0 saturated carbocycles. The van der Waals surface area contributed by atoms with Crippen molar-refractivity contribution in [3.05, 3.63) is 42.5 Å². The number of esters is 3. The molecule has 22 heavy (non-hydrogen) atoms. The third kappa shape index (κ3) is 7.23. The van der Waals surface area contributed by atoms with Gasteiger partial charge in [0.15, 0.2) is 0 Å². The van der Waals surface area contributed by atoms with Crippen molar-refractivity contribution in [2.24, 2.45) is 0 Å². The highest BCUT2D eigenvalue weighted by Gasteiger charge is 2.10. The van der Waals surface area contributed by atoms with E-state index in [1.807, 2.05) is 19.1 Å². The summed E-state index contributed by atoms with van der Waals surface area (Å²) in [5.41, 5.74) is 1.06. The fraction of sp³-hybridized carbons (Fsp3) is 0.312. The van der Waals surface area contributed by atoms with Crippen molar-refractivity contribution in [3.63, 3.8) is 0 Å². The molecular formula is C16H18O6. The molecule has 1 aromatic carbocycles. The highest BCUT2D eigenvalue weighted by Crippen LogP contribution is 2.12. The van der Waals surface area contributed by atoms with Gasteiger partial charge in [0, 0.05) is 6.08 Å². The Morgan fingerprint density at radius 2 is 1.59 bits per heavy atom. The highest BCUT2D eigenvalue weighted by atomic mass is 16.6. The summed E-state index contributed by atoms with van der Waals surface area (Å²) in [5, 5.41) is 0. The van der Waals surface area contributed by atoms with E-state index >= 15 is 0 Å². The molecule has 0 unspecified atom stereocenters. The van der Waals surface area contributed by atoms with Gasteiger partial charge < -0.3 is 14.2 Å². The molecular weight excluding hydrogens is 288 g/mol. The van der Waals surface area contributed by atoms with E-state index in [0.717, 1.165) is 11.6 Å². The molecule has 6 heteroatoms. The van der Waals surface area contributed by atoms with Crippen molar-refractivity contribution in [2.75, 3.05) is 13.2 Å². The number of carbonyl (C=O) groups is 3. The molecule has 0 spiro atoms. The summed E-state index contributed by atoms with van der Waals surface area (Å²) >= 11 is 0. The summed E-state index contributed by atoms with van der Waals surface area (Å²) in [5.74, 6) is -1.23. The number of aryl methyl sites for hydroxylation is 1. The smallest absolute Gasteiger partial charge is 0.330 e. The van der Waals surface area contributed by atoms with Gasteiger partial charge in [-0.05, 0) is 19.1 Å². The van der Waals surface area contributed by atoms with E-state index in [9.17, 15) is 14.4 Å². The van der Waals surface area contributed by atoms with Crippen molar-refractivity contribution in [2.45, 2.75) is 19.8 Å². The SMILES string of the molecule is C=CC(=O)OCCOC(=O)CCC(=O)Oc1ccc(C)cc1. The van der Waals surface area contributed by atoms with Crippen molar-refractivity contribution < 1.29 is 28.6 Å². The maximum absolute atomic E-state index is 11.5. The van der Waals surface area contributed by atoms with Crippen LogP contribution in [0.1, 0.15) is 18.4 Å². The maximum atomic E-state index is 11.5. The van der Waals surface area contributed by atoms with Crippen LogP contribution < -0.4 is 4.74 Å². The normalized spacial score (nSPS) is 9.68. The van der Waals surface area contributed by atoms with E-state index in [1.165, 1.54) is 0 Å². The Morgan fingerprint density at radius 1 is 1.00 bits per heavy atom. The van der Waals surface area contributed by atoms with E-state index in [-0.39, 0.29) is 26.1 Å². The Hall–Kier alpha value is -2.63. The molecule has 118 valence electrons. The Balaban J connectivity index is 2.17. The van der Waals surface area contributed by atoms with Gasteiger partial charge in [-0.1, -0.05) is 24.3 Å². The van der Waals surface area contributed by atoms with E-state index < -0.39 is 17.9 Å². The number of hydrogen-bond donors (Lipinski definition) is 0. The van der Waals surface area contributed by atoms with Crippen molar-refractivity contribution in [1.29, 1.82) is 0 Å². The van der Waals surface area contributed by atoms with Gasteiger partial charge in [0.05, 0.1) is 12.8 Å². The zero-order chi connectivity index (χ0) is 16.4. The molecule has 0 amide bonds. The lowest BCUT2D eigenvalue weighted by Gasteiger charge is -2.06. The summed E-state index contributed by atoms with van der Waals surface area (Å²) in [6.45, 7) is 5.04. The van der Waals surface area contributed by atoms with Gasteiger partial charge >= 0.3 is 17.9 Å². The first-order chi connectivity index (χ1) is 10.5. The van der Waals surface area contributed by atoms with Crippen LogP contribution >= 0.6 is 0 Å². The summed E-state index contributed by atoms with van der Waals surface area (Å²) in [4.78, 5) is 33.6. The predicted molar refractivity (Wildman–Crippen MR) is 78.2 cm³/mol. The topological polar surface area (TPSA) is 78.9 Å². The zero-order valence-electron chi connectivity index (χ0n) is 12.4. The molecule has 0 atom stereocenters. The van der Waals surface area contributed by atoms with Gasteiger partial charge in [-0.15, -0.1) is 0 Å². The number of carbonyl (C=O) groups excluding carboxylic acids is 3. The average Bonchev–Trinajstić information content (AvgIpc) is 2.51. The first-order valence-corrected chi connectivity index (χ1v) is 6.73. The summed E-state index contributed by atoms with van der Waals surface area (Å²) in [7, 11) is 0. The minimum atomic E-state index is -0.585. The average molecular weight is 306 g/mol. The lowest BCUT2D eigenvalue weighted by atomic mass is 10.2. The fourth-order valence-electron chi connectivity index (χ4n) is 1.42. The Bertz CT molecular complexity index is 532. The molecule has 0 N–H and O–H groups in total. The van der Waals surface area contributed by atoms with E-state index in [4.69, 9.17) is 9.47 Å². The molecule has 1 rings (SSSR count). The summed E-state index contributed by atoms with van der Waals surface area (Å²) in [6.07, 6.45) is 0.835. The Morgan fingerprint density at radius 3 is 2.23 bits per heavy atom. The summed E-state index contributed by atoms with van der Waals surface area (Å²) < 4.78 is 14.5. The van der Waals surface area contributed by atoms with Gasteiger partial charge in [-0.2, -0.15) is 0 Å². The number of rotatable bonds is 8. The van der Waals surface area contributed by atoms with Crippen LogP contribution in [0.25, 0.3) is 0 Å². The van der Waals surface area contributed by atoms with Gasteiger partial charge in [-0.25, -0.2) is 4.79 Å². The maximum Gasteiger partial charge on any atom is 0.330 e. The van der Waals surface area contributed by atoms with E-state index in [2.05, 4.69) is 11.3 Å². The van der Waals surface area contributed by atoms with Gasteiger partial charge in [0.25, 0.3) is 0 Å². The van der Waals surface area contributed by atoms with Crippen LogP contribution in [0.4, 0.5) is 0 Å². The lowest BCUT2D eigenvalue weighted by Crippen LogP contribution is -2.15. The van der Waals surface area contributed by atoms with Crippen molar-refractivity contribution in [1.82, 2.24) is 0 Å². The lowest BCUT2D eigenvalue weighted by molar-refractivity contribution is -0.151. The van der Waals surface area contributed by atoms with Crippen LogP contribution in [0.15, 0.2) is 36.9 Å². The van der Waals surface area contributed by atoms with Crippen LogP contribution in [-0.2, 0) is 23.9 Å². The molecule has 0 fully saturated rings. The number of ether oxygens (including phenoxy) is 3. The molecule has 0 aromatic heterocycles. The van der Waals surface area contributed by atoms with Crippen LogP contribution in [-0.4, -0.2) is 31.1 Å². The Labute approximate surface area is 128 Å². The quantitative estimate of drug-likeness (QED) is 0.316. The van der Waals surface area contributed by atoms with Crippen LogP contribution in [0.3, 0.4) is 0 Å². The summed E-state index contributed by atoms with van der Waals surface area (Å²) in [6, 6.07) is 7.00. The highest BCUT2D eigenvalue weighted by molar-refractivity contribution is 5.81. The van der Waals surface area contributed by atoms with E-state index in [1.54, 1.807) is 12.1 Å². The van der Waals surface area contributed by atoms with Crippen LogP contribution in [0.5, 0.6) is 5.75 Å². The molecule has 0 aliphatic heterocycles. The molecule has 0 heterocycles. The second-order valence-electron chi connectivity index (χ2n) is 4.38. The molecule has 0 radical (unpaired) electrons. The second-order valence-corrected chi connectivity index (χ2v) is 4.38. The van der Waals surface area contributed by atoms with Gasteiger partial charge in [0.1, 0.15) is 19.0 Å².